The summed E-state index contributed by atoms with van der Waals surface area (Å²) in [6, 6.07) is 10.3. The van der Waals surface area contributed by atoms with Gasteiger partial charge in [0.2, 0.25) is 21.7 Å². The van der Waals surface area contributed by atoms with Gasteiger partial charge in [0.1, 0.15) is 6.04 Å². The van der Waals surface area contributed by atoms with Crippen molar-refractivity contribution in [2.45, 2.75) is 44.6 Å². The SMILES string of the molecule is Cc1cc(C)c(S(=O)(=O)N2CCC[C@H]2c2nc(-c3ccc(Cl)cc3)no2)cc1C. The van der Waals surface area contributed by atoms with Gasteiger partial charge < -0.3 is 4.52 Å². The largest absolute Gasteiger partial charge is 0.337 e. The first kappa shape index (κ1) is 20.1. The summed E-state index contributed by atoms with van der Waals surface area (Å²) in [5.74, 6) is 0.737. The number of benzene rings is 2. The van der Waals surface area contributed by atoms with Crippen LogP contribution in [0.15, 0.2) is 45.8 Å². The van der Waals surface area contributed by atoms with E-state index < -0.39 is 16.1 Å². The molecule has 1 aliphatic heterocycles. The van der Waals surface area contributed by atoms with Crippen molar-refractivity contribution < 1.29 is 12.9 Å². The van der Waals surface area contributed by atoms with E-state index in [1.54, 1.807) is 30.3 Å². The molecule has 1 saturated heterocycles. The summed E-state index contributed by atoms with van der Waals surface area (Å²) < 4.78 is 33.8. The van der Waals surface area contributed by atoms with Gasteiger partial charge in [-0.15, -0.1) is 0 Å². The lowest BCUT2D eigenvalue weighted by Gasteiger charge is -2.23. The highest BCUT2D eigenvalue weighted by Gasteiger charge is 2.40. The van der Waals surface area contributed by atoms with Crippen LogP contribution in [0.1, 0.15) is 41.5 Å². The van der Waals surface area contributed by atoms with Gasteiger partial charge in [-0.2, -0.15) is 9.29 Å². The van der Waals surface area contributed by atoms with Crippen molar-refractivity contribution in [3.05, 3.63) is 64.0 Å². The molecule has 1 aromatic heterocycles. The Balaban J connectivity index is 1.68. The Kier molecular flexibility index (Phi) is 5.23. The molecule has 1 aliphatic rings. The summed E-state index contributed by atoms with van der Waals surface area (Å²) in [6.07, 6.45) is 1.39. The van der Waals surface area contributed by atoms with Gasteiger partial charge in [0, 0.05) is 17.1 Å². The van der Waals surface area contributed by atoms with Crippen molar-refractivity contribution in [3.8, 4) is 11.4 Å². The number of halogens is 1. The third-order valence-electron chi connectivity index (χ3n) is 5.41. The van der Waals surface area contributed by atoms with Gasteiger partial charge in [-0.05, 0) is 80.6 Å². The second kappa shape index (κ2) is 7.55. The zero-order valence-electron chi connectivity index (χ0n) is 16.5. The van der Waals surface area contributed by atoms with Crippen molar-refractivity contribution in [2.75, 3.05) is 6.54 Å². The van der Waals surface area contributed by atoms with E-state index in [0.29, 0.717) is 34.6 Å². The summed E-state index contributed by atoms with van der Waals surface area (Å²) in [5, 5.41) is 4.66. The third-order valence-corrected chi connectivity index (χ3v) is 7.71. The molecule has 0 unspecified atom stereocenters. The van der Waals surface area contributed by atoms with Crippen LogP contribution in [0.25, 0.3) is 11.4 Å². The standard InChI is InChI=1S/C21H22ClN3O3S/c1-13-11-15(3)19(12-14(13)2)29(26,27)25-10-4-5-18(25)21-23-20(24-28-21)16-6-8-17(22)9-7-16/h6-9,11-12,18H,4-5,10H2,1-3H3/t18-/m0/s1. The normalized spacial score (nSPS) is 17.7. The number of aromatic nitrogens is 2. The second-order valence-corrected chi connectivity index (χ2v) is 9.73. The average molecular weight is 432 g/mol. The Morgan fingerprint density at radius 3 is 2.48 bits per heavy atom. The molecule has 8 heteroatoms. The molecule has 1 atom stereocenters. The van der Waals surface area contributed by atoms with Crippen LogP contribution in [0.5, 0.6) is 0 Å². The van der Waals surface area contributed by atoms with Crippen LogP contribution < -0.4 is 0 Å². The first-order chi connectivity index (χ1) is 13.8. The zero-order valence-corrected chi connectivity index (χ0v) is 18.1. The fraction of sp³-hybridized carbons (Fsp3) is 0.333. The summed E-state index contributed by atoms with van der Waals surface area (Å²) in [7, 11) is -3.68. The first-order valence-electron chi connectivity index (χ1n) is 9.46. The van der Waals surface area contributed by atoms with Crippen LogP contribution in [-0.4, -0.2) is 29.4 Å². The molecular weight excluding hydrogens is 410 g/mol. The van der Waals surface area contributed by atoms with Crippen molar-refractivity contribution in [1.29, 1.82) is 0 Å². The summed E-state index contributed by atoms with van der Waals surface area (Å²) in [4.78, 5) is 4.81. The van der Waals surface area contributed by atoms with Crippen molar-refractivity contribution in [1.82, 2.24) is 14.4 Å². The second-order valence-electron chi connectivity index (χ2n) is 7.44. The van der Waals surface area contributed by atoms with Crippen molar-refractivity contribution in [2.24, 2.45) is 0 Å². The highest BCUT2D eigenvalue weighted by Crippen LogP contribution is 2.37. The van der Waals surface area contributed by atoms with Gasteiger partial charge >= 0.3 is 0 Å². The summed E-state index contributed by atoms with van der Waals surface area (Å²) >= 11 is 5.93. The molecule has 29 heavy (non-hydrogen) atoms. The Labute approximate surface area is 175 Å². The van der Waals surface area contributed by atoms with E-state index >= 15 is 0 Å². The number of hydrogen-bond acceptors (Lipinski definition) is 5. The van der Waals surface area contributed by atoms with E-state index in [1.807, 2.05) is 26.8 Å². The van der Waals surface area contributed by atoms with Crippen LogP contribution in [-0.2, 0) is 10.0 Å². The molecule has 0 spiro atoms. The smallest absolute Gasteiger partial charge is 0.245 e. The van der Waals surface area contributed by atoms with Crippen LogP contribution >= 0.6 is 11.6 Å². The molecule has 2 heterocycles. The molecule has 3 aromatic rings. The van der Waals surface area contributed by atoms with Gasteiger partial charge in [0.15, 0.2) is 0 Å². The maximum atomic E-state index is 13.4. The minimum Gasteiger partial charge on any atom is -0.337 e. The molecule has 0 N–H and O–H groups in total. The third kappa shape index (κ3) is 3.70. The maximum Gasteiger partial charge on any atom is 0.245 e. The topological polar surface area (TPSA) is 76.3 Å². The number of aryl methyl sites for hydroxylation is 3. The van der Waals surface area contributed by atoms with E-state index in [-0.39, 0.29) is 0 Å². The van der Waals surface area contributed by atoms with Crippen molar-refractivity contribution in [3.63, 3.8) is 0 Å². The number of sulfonamides is 1. The van der Waals surface area contributed by atoms with Crippen LogP contribution in [0, 0.1) is 20.8 Å². The van der Waals surface area contributed by atoms with E-state index in [4.69, 9.17) is 16.1 Å². The molecule has 6 nitrogen and oxygen atoms in total. The molecule has 2 aromatic carbocycles. The van der Waals surface area contributed by atoms with Crippen LogP contribution in [0.4, 0.5) is 0 Å². The summed E-state index contributed by atoms with van der Waals surface area (Å²) in [6.45, 7) is 6.16. The van der Waals surface area contributed by atoms with E-state index in [0.717, 1.165) is 28.7 Å². The molecule has 0 saturated carbocycles. The lowest BCUT2D eigenvalue weighted by Crippen LogP contribution is -2.31. The van der Waals surface area contributed by atoms with Gasteiger partial charge in [0.05, 0.1) is 4.90 Å². The minimum absolute atomic E-state index is 0.317. The van der Waals surface area contributed by atoms with Gasteiger partial charge in [-0.25, -0.2) is 8.42 Å². The lowest BCUT2D eigenvalue weighted by atomic mass is 10.1. The molecule has 0 bridgehead atoms. The van der Waals surface area contributed by atoms with E-state index in [2.05, 4.69) is 10.1 Å². The highest BCUT2D eigenvalue weighted by atomic mass is 35.5. The average Bonchev–Trinajstić information content (AvgIpc) is 3.34. The van der Waals surface area contributed by atoms with Crippen molar-refractivity contribution >= 4 is 21.6 Å². The number of rotatable bonds is 4. The molecule has 4 rings (SSSR count). The Bertz CT molecular complexity index is 1160. The minimum atomic E-state index is -3.68. The quantitative estimate of drug-likeness (QED) is 0.590. The Morgan fingerprint density at radius 2 is 1.76 bits per heavy atom. The van der Waals surface area contributed by atoms with Crippen LogP contribution in [0.2, 0.25) is 5.02 Å². The Morgan fingerprint density at radius 1 is 1.07 bits per heavy atom. The molecule has 0 radical (unpaired) electrons. The van der Waals surface area contributed by atoms with Crippen LogP contribution in [0.3, 0.4) is 0 Å². The molecule has 1 fully saturated rings. The lowest BCUT2D eigenvalue weighted by molar-refractivity contribution is 0.290. The molecule has 0 amide bonds. The van der Waals surface area contributed by atoms with Gasteiger partial charge in [-0.3, -0.25) is 0 Å². The Hall–Kier alpha value is -2.22. The fourth-order valence-electron chi connectivity index (χ4n) is 3.70. The maximum absolute atomic E-state index is 13.4. The van der Waals surface area contributed by atoms with Gasteiger partial charge in [0.25, 0.3) is 0 Å². The molecular formula is C21H22ClN3O3S. The zero-order chi connectivity index (χ0) is 20.8. The predicted octanol–water partition coefficient (Wildman–Crippen LogP) is 4.84. The number of hydrogen-bond donors (Lipinski definition) is 0. The predicted molar refractivity (Wildman–Crippen MR) is 111 cm³/mol. The first-order valence-corrected chi connectivity index (χ1v) is 11.3. The van der Waals surface area contributed by atoms with E-state index in [1.165, 1.54) is 4.31 Å². The fourth-order valence-corrected chi connectivity index (χ4v) is 5.77. The highest BCUT2D eigenvalue weighted by molar-refractivity contribution is 7.89. The molecule has 0 aliphatic carbocycles. The summed E-state index contributed by atoms with van der Waals surface area (Å²) in [5.41, 5.74) is 3.53. The van der Waals surface area contributed by atoms with E-state index in [9.17, 15) is 8.42 Å². The van der Waals surface area contributed by atoms with Gasteiger partial charge in [-0.1, -0.05) is 22.8 Å². The monoisotopic (exact) mass is 431 g/mol. The number of nitrogens with zero attached hydrogens (tertiary/aromatic N) is 3. The molecule has 152 valence electrons.